The van der Waals surface area contributed by atoms with Crippen molar-refractivity contribution in [3.05, 3.63) is 0 Å². The molecule has 1 N–H and O–H groups in total. The van der Waals surface area contributed by atoms with Gasteiger partial charge in [0.2, 0.25) is 0 Å². The maximum Gasteiger partial charge on any atom is 0.116 e. The van der Waals surface area contributed by atoms with Crippen LogP contribution < -0.4 is 0 Å². The third kappa shape index (κ3) is 2.73. The molecule has 16 heavy (non-hydrogen) atoms. The lowest BCUT2D eigenvalue weighted by molar-refractivity contribution is -0.0835. The van der Waals surface area contributed by atoms with Gasteiger partial charge in [0.15, 0.2) is 0 Å². The van der Waals surface area contributed by atoms with Gasteiger partial charge in [-0.3, -0.25) is 4.90 Å². The van der Waals surface area contributed by atoms with E-state index >= 15 is 0 Å². The fourth-order valence-electron chi connectivity index (χ4n) is 2.88. The van der Waals surface area contributed by atoms with E-state index in [1.807, 2.05) is 11.9 Å². The first kappa shape index (κ1) is 12.3. The molecule has 1 saturated heterocycles. The number of hydrogen-bond donors (Lipinski definition) is 1. The predicted molar refractivity (Wildman–Crippen MR) is 60.2 cm³/mol. The lowest BCUT2D eigenvalue weighted by Crippen LogP contribution is -2.49. The second-order valence-electron chi connectivity index (χ2n) is 5.27. The molecule has 0 unspecified atom stereocenters. The first-order chi connectivity index (χ1) is 7.61. The van der Waals surface area contributed by atoms with Gasteiger partial charge in [0.1, 0.15) is 6.17 Å². The number of likely N-dealkylation sites (N-methyl/N-ethyl adjacent to an activating group) is 1. The quantitative estimate of drug-likeness (QED) is 0.796. The van der Waals surface area contributed by atoms with Crippen molar-refractivity contribution in [2.24, 2.45) is 0 Å². The second kappa shape index (κ2) is 4.98. The predicted octanol–water partition coefficient (Wildman–Crippen LogP) is 1.35. The van der Waals surface area contributed by atoms with E-state index in [-0.39, 0.29) is 6.04 Å². The van der Waals surface area contributed by atoms with Crippen molar-refractivity contribution in [3.63, 3.8) is 0 Å². The number of rotatable bonds is 3. The highest BCUT2D eigenvalue weighted by molar-refractivity contribution is 4.90. The Bertz CT molecular complexity index is 231. The highest BCUT2D eigenvalue weighted by atomic mass is 19.1. The van der Waals surface area contributed by atoms with Gasteiger partial charge in [0.25, 0.3) is 0 Å². The largest absolute Gasteiger partial charge is 0.388 e. The van der Waals surface area contributed by atoms with E-state index in [2.05, 4.69) is 0 Å². The molecule has 94 valence electrons. The minimum atomic E-state index is -0.714. The third-order valence-electron chi connectivity index (χ3n) is 3.93. The van der Waals surface area contributed by atoms with Crippen LogP contribution in [0.4, 0.5) is 4.39 Å². The van der Waals surface area contributed by atoms with Crippen LogP contribution in [0.15, 0.2) is 0 Å². The van der Waals surface area contributed by atoms with Crippen LogP contribution in [-0.2, 0) is 4.74 Å². The normalized spacial score (nSPS) is 34.5. The Morgan fingerprint density at radius 3 is 2.62 bits per heavy atom. The highest BCUT2D eigenvalue weighted by Crippen LogP contribution is 2.29. The summed E-state index contributed by atoms with van der Waals surface area (Å²) in [6, 6.07) is 0.00636. The summed E-state index contributed by atoms with van der Waals surface area (Å²) < 4.78 is 18.8. The first-order valence-corrected chi connectivity index (χ1v) is 6.25. The van der Waals surface area contributed by atoms with E-state index in [0.717, 1.165) is 12.8 Å². The number of aliphatic hydroxyl groups is 1. The van der Waals surface area contributed by atoms with E-state index < -0.39 is 11.8 Å². The van der Waals surface area contributed by atoms with Gasteiger partial charge < -0.3 is 9.84 Å². The third-order valence-corrected chi connectivity index (χ3v) is 3.93. The average molecular weight is 231 g/mol. The van der Waals surface area contributed by atoms with E-state index in [0.29, 0.717) is 39.0 Å². The second-order valence-corrected chi connectivity index (χ2v) is 5.27. The molecular weight excluding hydrogens is 209 g/mol. The average Bonchev–Trinajstić information content (AvgIpc) is 2.65. The van der Waals surface area contributed by atoms with Crippen LogP contribution in [0.3, 0.4) is 0 Å². The van der Waals surface area contributed by atoms with Gasteiger partial charge in [-0.25, -0.2) is 4.39 Å². The van der Waals surface area contributed by atoms with Crippen LogP contribution in [0.25, 0.3) is 0 Å². The Morgan fingerprint density at radius 1 is 1.38 bits per heavy atom. The molecule has 2 fully saturated rings. The van der Waals surface area contributed by atoms with E-state index in [1.54, 1.807) is 0 Å². The maximum atomic E-state index is 13.6. The fraction of sp³-hybridized carbons (Fsp3) is 1.00. The van der Waals surface area contributed by atoms with Crippen molar-refractivity contribution < 1.29 is 14.2 Å². The molecular formula is C12H22FNO2. The molecule has 2 aliphatic rings. The minimum Gasteiger partial charge on any atom is -0.388 e. The Morgan fingerprint density at radius 2 is 2.06 bits per heavy atom. The SMILES string of the molecule is CN(CC1(O)CCOCC1)[C@@H]1CCC[C@H]1F. The van der Waals surface area contributed by atoms with Crippen LogP contribution in [0.5, 0.6) is 0 Å². The van der Waals surface area contributed by atoms with Gasteiger partial charge in [-0.2, -0.15) is 0 Å². The van der Waals surface area contributed by atoms with Crippen LogP contribution in [0.2, 0.25) is 0 Å². The molecule has 1 heterocycles. The number of alkyl halides is 1. The Balaban J connectivity index is 1.87. The van der Waals surface area contributed by atoms with Gasteiger partial charge in [-0.05, 0) is 26.3 Å². The standard InChI is InChI=1S/C12H22FNO2/c1-14(11-4-2-3-10(11)13)9-12(15)5-7-16-8-6-12/h10-11,15H,2-9H2,1H3/t10-,11-/m1/s1. The van der Waals surface area contributed by atoms with Crippen LogP contribution in [-0.4, -0.2) is 54.6 Å². The molecule has 1 aliphatic heterocycles. The molecule has 4 heteroatoms. The zero-order valence-corrected chi connectivity index (χ0v) is 9.99. The fourth-order valence-corrected chi connectivity index (χ4v) is 2.88. The molecule has 0 aromatic rings. The van der Waals surface area contributed by atoms with Crippen LogP contribution in [0.1, 0.15) is 32.1 Å². The van der Waals surface area contributed by atoms with Crippen molar-refractivity contribution in [2.45, 2.75) is 49.9 Å². The molecule has 0 aromatic heterocycles. The topological polar surface area (TPSA) is 32.7 Å². The monoisotopic (exact) mass is 231 g/mol. The highest BCUT2D eigenvalue weighted by Gasteiger charge is 2.36. The molecule has 3 nitrogen and oxygen atoms in total. The van der Waals surface area contributed by atoms with Gasteiger partial charge in [0.05, 0.1) is 5.60 Å². The number of halogens is 1. The first-order valence-electron chi connectivity index (χ1n) is 6.25. The molecule has 1 saturated carbocycles. The summed E-state index contributed by atoms with van der Waals surface area (Å²) in [6.07, 6.45) is 3.19. The summed E-state index contributed by atoms with van der Waals surface area (Å²) in [7, 11) is 1.93. The van der Waals surface area contributed by atoms with Crippen LogP contribution in [0, 0.1) is 0 Å². The van der Waals surface area contributed by atoms with Crippen LogP contribution >= 0.6 is 0 Å². The Hall–Kier alpha value is -0.190. The molecule has 0 radical (unpaired) electrons. The lowest BCUT2D eigenvalue weighted by Gasteiger charge is -2.38. The summed E-state index contributed by atoms with van der Waals surface area (Å²) in [5.41, 5.74) is -0.671. The molecule has 1 aliphatic carbocycles. The van der Waals surface area contributed by atoms with Crippen molar-refractivity contribution in [3.8, 4) is 0 Å². The number of hydrogen-bond acceptors (Lipinski definition) is 3. The smallest absolute Gasteiger partial charge is 0.116 e. The van der Waals surface area contributed by atoms with Crippen molar-refractivity contribution in [2.75, 3.05) is 26.8 Å². The maximum absolute atomic E-state index is 13.6. The summed E-state index contributed by atoms with van der Waals surface area (Å²) >= 11 is 0. The molecule has 0 spiro atoms. The zero-order valence-electron chi connectivity index (χ0n) is 9.99. The van der Waals surface area contributed by atoms with Gasteiger partial charge in [0, 0.05) is 38.6 Å². The molecule has 2 atom stereocenters. The van der Waals surface area contributed by atoms with E-state index in [9.17, 15) is 9.50 Å². The molecule has 2 rings (SSSR count). The number of ether oxygens (including phenoxy) is 1. The lowest BCUT2D eigenvalue weighted by atomic mass is 9.93. The van der Waals surface area contributed by atoms with Crippen molar-refractivity contribution in [1.29, 1.82) is 0 Å². The van der Waals surface area contributed by atoms with E-state index in [1.165, 1.54) is 0 Å². The van der Waals surface area contributed by atoms with Crippen molar-refractivity contribution >= 4 is 0 Å². The summed E-state index contributed by atoms with van der Waals surface area (Å²) in [5, 5.41) is 10.3. The number of nitrogens with zero attached hydrogens (tertiary/aromatic N) is 1. The van der Waals surface area contributed by atoms with Gasteiger partial charge >= 0.3 is 0 Å². The Labute approximate surface area is 96.6 Å². The minimum absolute atomic E-state index is 0.00636. The van der Waals surface area contributed by atoms with Crippen molar-refractivity contribution in [1.82, 2.24) is 4.90 Å². The summed E-state index contributed by atoms with van der Waals surface area (Å²) in [5.74, 6) is 0. The zero-order chi connectivity index (χ0) is 11.6. The summed E-state index contributed by atoms with van der Waals surface area (Å²) in [6.45, 7) is 1.81. The molecule has 0 amide bonds. The van der Waals surface area contributed by atoms with Gasteiger partial charge in [-0.1, -0.05) is 0 Å². The molecule has 0 bridgehead atoms. The summed E-state index contributed by atoms with van der Waals surface area (Å²) in [4.78, 5) is 2.00. The Kier molecular flexibility index (Phi) is 3.82. The van der Waals surface area contributed by atoms with Gasteiger partial charge in [-0.15, -0.1) is 0 Å². The van der Waals surface area contributed by atoms with E-state index in [4.69, 9.17) is 4.74 Å². The molecule has 0 aromatic carbocycles.